The van der Waals surface area contributed by atoms with Gasteiger partial charge in [0, 0.05) is 16.5 Å². The Bertz CT molecular complexity index is 1120. The van der Waals surface area contributed by atoms with Gasteiger partial charge in [-0.1, -0.05) is 34.8 Å². The minimum atomic E-state index is -4.15. The van der Waals surface area contributed by atoms with Gasteiger partial charge in [-0.25, -0.2) is 8.42 Å². The summed E-state index contributed by atoms with van der Waals surface area (Å²) in [5.74, 6) is 0.276. The van der Waals surface area contributed by atoms with Crippen LogP contribution in [0.1, 0.15) is 51.4 Å². The van der Waals surface area contributed by atoms with Crippen molar-refractivity contribution in [3.63, 3.8) is 0 Å². The van der Waals surface area contributed by atoms with Crippen molar-refractivity contribution in [2.24, 2.45) is 28.9 Å². The fourth-order valence-corrected chi connectivity index (χ4v) is 9.37. The minimum absolute atomic E-state index is 0.0219. The second kappa shape index (κ2) is 7.98. The van der Waals surface area contributed by atoms with E-state index in [1.807, 2.05) is 0 Å². The van der Waals surface area contributed by atoms with Crippen molar-refractivity contribution in [3.05, 3.63) is 27.2 Å². The second-order valence-electron chi connectivity index (χ2n) is 10.4. The average molecular weight is 535 g/mol. The first-order valence-corrected chi connectivity index (χ1v) is 13.9. The van der Waals surface area contributed by atoms with Crippen LogP contribution in [0.2, 0.25) is 15.1 Å². The van der Waals surface area contributed by atoms with Crippen molar-refractivity contribution in [1.29, 1.82) is 0 Å². The number of sulfonamides is 1. The number of rotatable bonds is 6. The number of amides is 2. The molecule has 0 saturated heterocycles. The Morgan fingerprint density at radius 3 is 2.21 bits per heavy atom. The van der Waals surface area contributed by atoms with E-state index in [1.165, 1.54) is 12.1 Å². The smallest absolute Gasteiger partial charge is 0.243 e. The van der Waals surface area contributed by atoms with E-state index in [-0.39, 0.29) is 49.7 Å². The predicted octanol–water partition coefficient (Wildman–Crippen LogP) is 3.64. The highest BCUT2D eigenvalue weighted by molar-refractivity contribution is 7.89. The summed E-state index contributed by atoms with van der Waals surface area (Å²) in [5, 5.41) is 3.19. The number of primary amides is 1. The Labute approximate surface area is 208 Å². The van der Waals surface area contributed by atoms with E-state index < -0.39 is 21.0 Å². The van der Waals surface area contributed by atoms with Gasteiger partial charge in [-0.05, 0) is 81.3 Å². The standard InChI is InChI=1S/C22H26Cl3N3O4S/c23-14-6-15(24)17(25)16(7-14)33(31,32)28-22(2-1-3-22)20(30)27-18-12-4-11-5-13(18)10-21(8-11,9-12)19(26)29/h6-7,11-13,18,28H,1-5,8-10H2,(H2,26,29)(H,27,30). The summed E-state index contributed by atoms with van der Waals surface area (Å²) in [6.45, 7) is 0. The van der Waals surface area contributed by atoms with E-state index in [4.69, 9.17) is 40.5 Å². The van der Waals surface area contributed by atoms with Crippen LogP contribution in [-0.4, -0.2) is 31.8 Å². The molecule has 5 saturated carbocycles. The summed E-state index contributed by atoms with van der Waals surface area (Å²) in [7, 11) is -4.15. The van der Waals surface area contributed by atoms with E-state index in [1.54, 1.807) is 0 Å². The zero-order valence-electron chi connectivity index (χ0n) is 17.9. The third kappa shape index (κ3) is 3.86. The van der Waals surface area contributed by atoms with Crippen LogP contribution in [0.3, 0.4) is 0 Å². The Morgan fingerprint density at radius 2 is 1.67 bits per heavy atom. The first kappa shape index (κ1) is 23.7. The molecule has 4 bridgehead atoms. The SMILES string of the molecule is NC(=O)C12CC3CC(C1)C(NC(=O)C1(NS(=O)(=O)c4cc(Cl)cc(Cl)c4Cl)CCC1)C(C3)C2. The molecule has 33 heavy (non-hydrogen) atoms. The Kier molecular flexibility index (Phi) is 5.73. The van der Waals surface area contributed by atoms with Crippen molar-refractivity contribution in [2.45, 2.75) is 67.8 Å². The maximum absolute atomic E-state index is 13.5. The van der Waals surface area contributed by atoms with Gasteiger partial charge in [-0.15, -0.1) is 0 Å². The van der Waals surface area contributed by atoms with E-state index in [0.717, 1.165) is 25.7 Å². The normalized spacial score (nSPS) is 34.0. The zero-order chi connectivity index (χ0) is 23.8. The summed E-state index contributed by atoms with van der Waals surface area (Å²) in [4.78, 5) is 25.4. The number of carbonyl (C=O) groups is 2. The molecule has 0 radical (unpaired) electrons. The number of carbonyl (C=O) groups excluding carboxylic acids is 2. The van der Waals surface area contributed by atoms with E-state index in [0.29, 0.717) is 31.6 Å². The fourth-order valence-electron chi connectivity index (χ4n) is 6.80. The van der Waals surface area contributed by atoms with E-state index in [2.05, 4.69) is 10.0 Å². The third-order valence-corrected chi connectivity index (χ3v) is 11.0. The van der Waals surface area contributed by atoms with Gasteiger partial charge >= 0.3 is 0 Å². The Balaban J connectivity index is 1.36. The molecule has 6 rings (SSSR count). The highest BCUT2D eigenvalue weighted by Gasteiger charge is 2.59. The Morgan fingerprint density at radius 1 is 1.03 bits per heavy atom. The lowest BCUT2D eigenvalue weighted by atomic mass is 9.47. The van der Waals surface area contributed by atoms with Crippen molar-refractivity contribution in [3.8, 4) is 0 Å². The third-order valence-electron chi connectivity index (χ3n) is 8.31. The maximum Gasteiger partial charge on any atom is 0.243 e. The molecule has 7 nitrogen and oxygen atoms in total. The molecule has 4 N–H and O–H groups in total. The molecule has 1 aromatic rings. The van der Waals surface area contributed by atoms with Gasteiger partial charge in [0.25, 0.3) is 0 Å². The first-order valence-electron chi connectivity index (χ1n) is 11.2. The molecular weight excluding hydrogens is 509 g/mol. The quantitative estimate of drug-likeness (QED) is 0.483. The lowest BCUT2D eigenvalue weighted by Gasteiger charge is -2.59. The average Bonchev–Trinajstić information content (AvgIpc) is 2.69. The zero-order valence-corrected chi connectivity index (χ0v) is 21.0. The van der Waals surface area contributed by atoms with Crippen LogP contribution in [0, 0.1) is 23.2 Å². The van der Waals surface area contributed by atoms with Crippen molar-refractivity contribution in [2.75, 3.05) is 0 Å². The molecule has 0 aromatic heterocycles. The lowest BCUT2D eigenvalue weighted by Crippen LogP contribution is -2.68. The number of nitrogens with one attached hydrogen (secondary N) is 2. The number of halogens is 3. The topological polar surface area (TPSA) is 118 Å². The molecule has 11 heteroatoms. The maximum atomic E-state index is 13.5. The van der Waals surface area contributed by atoms with Crippen molar-refractivity contribution < 1.29 is 18.0 Å². The molecule has 2 atom stereocenters. The van der Waals surface area contributed by atoms with Gasteiger partial charge in [0.05, 0.1) is 10.0 Å². The van der Waals surface area contributed by atoms with Gasteiger partial charge in [0.1, 0.15) is 10.4 Å². The van der Waals surface area contributed by atoms with Gasteiger partial charge in [-0.2, -0.15) is 4.72 Å². The molecule has 5 aliphatic carbocycles. The summed E-state index contributed by atoms with van der Waals surface area (Å²) >= 11 is 18.2. The van der Waals surface area contributed by atoms with E-state index in [9.17, 15) is 18.0 Å². The number of hydrogen-bond acceptors (Lipinski definition) is 4. The summed E-state index contributed by atoms with van der Waals surface area (Å²) < 4.78 is 29.0. The van der Waals surface area contributed by atoms with Gasteiger partial charge in [0.15, 0.2) is 0 Å². The number of hydrogen-bond donors (Lipinski definition) is 3. The van der Waals surface area contributed by atoms with Crippen LogP contribution >= 0.6 is 34.8 Å². The van der Waals surface area contributed by atoms with Crippen molar-refractivity contribution in [1.82, 2.24) is 10.0 Å². The molecule has 0 aliphatic heterocycles. The van der Waals surface area contributed by atoms with Crippen LogP contribution in [0.5, 0.6) is 0 Å². The van der Waals surface area contributed by atoms with E-state index >= 15 is 0 Å². The molecule has 1 aromatic carbocycles. The van der Waals surface area contributed by atoms with Gasteiger partial charge in [0.2, 0.25) is 21.8 Å². The van der Waals surface area contributed by atoms with Crippen LogP contribution in [0.4, 0.5) is 0 Å². The highest BCUT2D eigenvalue weighted by Crippen LogP contribution is 2.60. The molecular formula is C22H26Cl3N3O4S. The van der Waals surface area contributed by atoms with Crippen LogP contribution in [-0.2, 0) is 19.6 Å². The summed E-state index contributed by atoms with van der Waals surface area (Å²) in [6, 6.07) is 2.51. The molecule has 0 spiro atoms. The molecule has 5 aliphatic rings. The number of benzene rings is 1. The lowest BCUT2D eigenvalue weighted by molar-refractivity contribution is -0.149. The predicted molar refractivity (Wildman–Crippen MR) is 125 cm³/mol. The number of nitrogens with two attached hydrogens (primary N) is 1. The van der Waals surface area contributed by atoms with Crippen molar-refractivity contribution >= 4 is 56.6 Å². The van der Waals surface area contributed by atoms with Crippen LogP contribution < -0.4 is 15.8 Å². The molecule has 5 fully saturated rings. The summed E-state index contributed by atoms with van der Waals surface area (Å²) in [6.07, 6.45) is 5.66. The van der Waals surface area contributed by atoms with Gasteiger partial charge in [-0.3, -0.25) is 9.59 Å². The monoisotopic (exact) mass is 533 g/mol. The van der Waals surface area contributed by atoms with Crippen LogP contribution in [0.25, 0.3) is 0 Å². The first-order chi connectivity index (χ1) is 15.4. The second-order valence-corrected chi connectivity index (χ2v) is 13.2. The molecule has 2 unspecified atom stereocenters. The van der Waals surface area contributed by atoms with Crippen LogP contribution in [0.15, 0.2) is 17.0 Å². The minimum Gasteiger partial charge on any atom is -0.369 e. The molecule has 0 heterocycles. The highest BCUT2D eigenvalue weighted by atomic mass is 35.5. The Hall–Kier alpha value is -1.06. The molecule has 180 valence electrons. The summed E-state index contributed by atoms with van der Waals surface area (Å²) in [5.41, 5.74) is 4.07. The fraction of sp³-hybridized carbons (Fsp3) is 0.636. The molecule has 2 amide bonds. The van der Waals surface area contributed by atoms with Gasteiger partial charge < -0.3 is 11.1 Å². The largest absolute Gasteiger partial charge is 0.369 e.